The molecule has 5 nitrogen and oxygen atoms in total. The molecule has 0 saturated heterocycles. The van der Waals surface area contributed by atoms with E-state index in [0.29, 0.717) is 17.4 Å². The maximum absolute atomic E-state index is 11.1. The minimum Gasteiger partial charge on any atom is -0.493 e. The minimum atomic E-state index is -0.871. The third-order valence-corrected chi connectivity index (χ3v) is 4.60. The summed E-state index contributed by atoms with van der Waals surface area (Å²) in [5.74, 6) is 0.578. The molecule has 0 saturated carbocycles. The zero-order valence-corrected chi connectivity index (χ0v) is 14.3. The highest BCUT2D eigenvalue weighted by Crippen LogP contribution is 2.19. The maximum Gasteiger partial charge on any atom is 0.346 e. The van der Waals surface area contributed by atoms with E-state index in [-0.39, 0.29) is 6.54 Å². The molecule has 0 radical (unpaired) electrons. The number of thioether (sulfide) groups is 1. The molecule has 0 fully saturated rings. The van der Waals surface area contributed by atoms with Crippen LogP contribution in [0, 0.1) is 0 Å². The molecule has 124 valence electrons. The topological polar surface area (TPSA) is 66.2 Å². The van der Waals surface area contributed by atoms with Crippen molar-refractivity contribution in [3.8, 4) is 5.75 Å². The number of ether oxygens (including phenoxy) is 1. The third-order valence-electron chi connectivity index (χ3n) is 3.38. The number of hydrogen-bond acceptors (Lipinski definition) is 3. The van der Waals surface area contributed by atoms with Crippen LogP contribution in [0.4, 0.5) is 0 Å². The number of hydrogen-bond donors (Lipinski definition) is 2. The Bertz CT molecular complexity index is 849. The van der Waals surface area contributed by atoms with Gasteiger partial charge in [0.25, 0.3) is 0 Å². The van der Waals surface area contributed by atoms with Gasteiger partial charge in [0.2, 0.25) is 0 Å². The second-order valence-electron chi connectivity index (χ2n) is 5.08. The Balaban J connectivity index is 1.66. The molecule has 0 bridgehead atoms. The summed E-state index contributed by atoms with van der Waals surface area (Å²) in [4.78, 5) is 14.4. The van der Waals surface area contributed by atoms with Crippen LogP contribution in [0.2, 0.25) is 5.02 Å². The molecular weight excluding hydrogens is 348 g/mol. The van der Waals surface area contributed by atoms with E-state index < -0.39 is 5.97 Å². The lowest BCUT2D eigenvalue weighted by Gasteiger charge is -2.04. The van der Waals surface area contributed by atoms with Crippen LogP contribution in [0.5, 0.6) is 5.75 Å². The second-order valence-corrected chi connectivity index (χ2v) is 6.60. The van der Waals surface area contributed by atoms with Crippen LogP contribution in [0.25, 0.3) is 11.0 Å². The minimum absolute atomic E-state index is 0.0790. The van der Waals surface area contributed by atoms with E-state index in [1.807, 2.05) is 36.4 Å². The fourth-order valence-electron chi connectivity index (χ4n) is 2.34. The van der Waals surface area contributed by atoms with Gasteiger partial charge in [0.1, 0.15) is 5.75 Å². The summed E-state index contributed by atoms with van der Waals surface area (Å²) in [6, 6.07) is 14.9. The Kier molecular flexibility index (Phi) is 5.27. The Morgan fingerprint density at radius 3 is 2.71 bits per heavy atom. The van der Waals surface area contributed by atoms with Crippen molar-refractivity contribution in [1.29, 1.82) is 0 Å². The summed E-state index contributed by atoms with van der Waals surface area (Å²) in [5.41, 5.74) is 1.79. The first-order chi connectivity index (χ1) is 11.6. The number of nitrogens with one attached hydrogen (secondary N) is 1. The normalized spacial score (nSPS) is 10.9. The van der Waals surface area contributed by atoms with E-state index >= 15 is 0 Å². The summed E-state index contributed by atoms with van der Waals surface area (Å²) in [7, 11) is 0. The standard InChI is InChI=1S/C17H15ClN2O3S/c18-12-5-7-13(8-6-12)23-9-10-24-17-19-14-3-1-2-4-15(14)20(17)11-16(21)22/h1-8H,9-11H2,(H,21,22)/p+1. The van der Waals surface area contributed by atoms with Crippen LogP contribution in [0.1, 0.15) is 0 Å². The second kappa shape index (κ2) is 7.59. The van der Waals surface area contributed by atoms with Crippen LogP contribution < -0.4 is 9.30 Å². The molecule has 0 aliphatic carbocycles. The SMILES string of the molecule is O=C(O)C[n+]1c(SCCOc2ccc(Cl)cc2)[nH]c2ccccc21. The number of carboxylic acid groups (broad SMARTS) is 1. The molecule has 7 heteroatoms. The first-order valence-electron chi connectivity index (χ1n) is 7.37. The predicted molar refractivity (Wildman–Crippen MR) is 93.8 cm³/mol. The van der Waals surface area contributed by atoms with Crippen molar-refractivity contribution in [2.75, 3.05) is 12.4 Å². The predicted octanol–water partition coefficient (Wildman–Crippen LogP) is 3.36. The van der Waals surface area contributed by atoms with Gasteiger partial charge in [0.15, 0.2) is 17.6 Å². The summed E-state index contributed by atoms with van der Waals surface area (Å²) in [5, 5.41) is 10.6. The molecule has 0 atom stereocenters. The number of benzene rings is 2. The fraction of sp³-hybridized carbons (Fsp3) is 0.176. The van der Waals surface area contributed by atoms with E-state index in [1.54, 1.807) is 16.7 Å². The van der Waals surface area contributed by atoms with Gasteiger partial charge in [0.05, 0.1) is 6.61 Å². The van der Waals surface area contributed by atoms with Gasteiger partial charge < -0.3 is 9.84 Å². The van der Waals surface area contributed by atoms with Crippen molar-refractivity contribution in [3.63, 3.8) is 0 Å². The number of aromatic amines is 1. The molecular formula is C17H16ClN2O3S+. The van der Waals surface area contributed by atoms with Crippen LogP contribution in [-0.4, -0.2) is 28.4 Å². The zero-order chi connectivity index (χ0) is 16.9. The number of halogens is 1. The van der Waals surface area contributed by atoms with Gasteiger partial charge in [-0.2, -0.15) is 0 Å². The van der Waals surface area contributed by atoms with E-state index in [2.05, 4.69) is 4.98 Å². The number of rotatable bonds is 7. The molecule has 24 heavy (non-hydrogen) atoms. The lowest BCUT2D eigenvalue weighted by Crippen LogP contribution is -2.39. The number of imidazole rings is 1. The van der Waals surface area contributed by atoms with Crippen molar-refractivity contribution in [2.24, 2.45) is 0 Å². The molecule has 0 spiro atoms. The Labute approximate surface area is 148 Å². The summed E-state index contributed by atoms with van der Waals surface area (Å²) in [6.45, 7) is 0.430. The maximum atomic E-state index is 11.1. The lowest BCUT2D eigenvalue weighted by atomic mass is 10.3. The Morgan fingerprint density at radius 1 is 1.21 bits per heavy atom. The lowest BCUT2D eigenvalue weighted by molar-refractivity contribution is -0.697. The fourth-order valence-corrected chi connectivity index (χ4v) is 3.33. The van der Waals surface area contributed by atoms with Crippen LogP contribution in [0.3, 0.4) is 0 Å². The average molecular weight is 364 g/mol. The first-order valence-corrected chi connectivity index (χ1v) is 8.73. The van der Waals surface area contributed by atoms with Gasteiger partial charge >= 0.3 is 11.1 Å². The third kappa shape index (κ3) is 4.01. The summed E-state index contributed by atoms with van der Waals surface area (Å²) >= 11 is 7.37. The van der Waals surface area contributed by atoms with E-state index in [9.17, 15) is 4.79 Å². The number of H-pyrrole nitrogens is 1. The number of fused-ring (bicyclic) bond motifs is 1. The largest absolute Gasteiger partial charge is 0.493 e. The first kappa shape index (κ1) is 16.7. The van der Waals surface area contributed by atoms with Gasteiger partial charge in [-0.05, 0) is 48.2 Å². The number of para-hydroxylation sites is 2. The quantitative estimate of drug-likeness (QED) is 0.384. The number of carbonyl (C=O) groups is 1. The van der Waals surface area contributed by atoms with Gasteiger partial charge in [-0.1, -0.05) is 23.7 Å². The van der Waals surface area contributed by atoms with Gasteiger partial charge in [-0.25, -0.2) is 14.3 Å². The van der Waals surface area contributed by atoms with Gasteiger partial charge in [0, 0.05) is 10.8 Å². The van der Waals surface area contributed by atoms with Crippen LogP contribution in [0.15, 0.2) is 53.7 Å². The molecule has 0 aliphatic rings. The van der Waals surface area contributed by atoms with E-state index in [1.165, 1.54) is 11.8 Å². The van der Waals surface area contributed by atoms with Gasteiger partial charge in [-0.3, -0.25) is 0 Å². The van der Waals surface area contributed by atoms with Crippen molar-refractivity contribution in [1.82, 2.24) is 4.98 Å². The molecule has 3 aromatic rings. The highest BCUT2D eigenvalue weighted by molar-refractivity contribution is 7.99. The van der Waals surface area contributed by atoms with E-state index in [4.69, 9.17) is 21.4 Å². The molecule has 0 amide bonds. The molecule has 0 unspecified atom stereocenters. The van der Waals surface area contributed by atoms with Crippen molar-refractivity contribution in [2.45, 2.75) is 11.7 Å². The zero-order valence-electron chi connectivity index (χ0n) is 12.7. The van der Waals surface area contributed by atoms with E-state index in [0.717, 1.165) is 21.9 Å². The number of aromatic nitrogens is 2. The highest BCUT2D eigenvalue weighted by Gasteiger charge is 2.20. The Morgan fingerprint density at radius 2 is 1.96 bits per heavy atom. The monoisotopic (exact) mass is 363 g/mol. The highest BCUT2D eigenvalue weighted by atomic mass is 35.5. The molecule has 0 aliphatic heterocycles. The molecule has 3 rings (SSSR count). The number of aliphatic carboxylic acids is 1. The van der Waals surface area contributed by atoms with Crippen molar-refractivity contribution in [3.05, 3.63) is 53.6 Å². The summed E-state index contributed by atoms with van der Waals surface area (Å²) < 4.78 is 7.43. The number of nitrogens with zero attached hydrogens (tertiary/aromatic N) is 1. The smallest absolute Gasteiger partial charge is 0.346 e. The average Bonchev–Trinajstić information content (AvgIpc) is 2.91. The molecule has 2 N–H and O–H groups in total. The number of carboxylic acids is 1. The molecule has 2 aromatic carbocycles. The molecule has 1 aromatic heterocycles. The van der Waals surface area contributed by atoms with Crippen LogP contribution in [-0.2, 0) is 11.3 Å². The van der Waals surface area contributed by atoms with Crippen molar-refractivity contribution < 1.29 is 19.2 Å². The van der Waals surface area contributed by atoms with Gasteiger partial charge in [-0.15, -0.1) is 0 Å². The molecule has 1 heterocycles. The summed E-state index contributed by atoms with van der Waals surface area (Å²) in [6.07, 6.45) is 0. The van der Waals surface area contributed by atoms with Crippen molar-refractivity contribution >= 4 is 40.4 Å². The Hall–Kier alpha value is -2.18. The van der Waals surface area contributed by atoms with Crippen LogP contribution >= 0.6 is 23.4 Å².